The highest BCUT2D eigenvalue weighted by atomic mass is 79.9. The minimum atomic E-state index is -0.333. The van der Waals surface area contributed by atoms with Crippen molar-refractivity contribution in [2.75, 3.05) is 0 Å². The van der Waals surface area contributed by atoms with Crippen LogP contribution in [-0.2, 0) is 5.75 Å². The second-order valence-electron chi connectivity index (χ2n) is 2.96. The molecule has 0 spiro atoms. The lowest BCUT2D eigenvalue weighted by Gasteiger charge is -1.98. The van der Waals surface area contributed by atoms with Crippen LogP contribution in [0.1, 0.15) is 5.69 Å². The normalized spacial score (nSPS) is 10.6. The molecule has 0 unspecified atom stereocenters. The van der Waals surface area contributed by atoms with Crippen molar-refractivity contribution < 1.29 is 8.91 Å². The van der Waals surface area contributed by atoms with Crippen LogP contribution in [0.15, 0.2) is 33.3 Å². The maximum Gasteiger partial charge on any atom is 0.170 e. The molecular weight excluding hydrogens is 281 g/mol. The van der Waals surface area contributed by atoms with Crippen molar-refractivity contribution >= 4 is 28.6 Å². The second kappa shape index (κ2) is 4.37. The second-order valence-corrected chi connectivity index (χ2v) is 4.20. The Bertz CT molecular complexity index is 486. The average Bonchev–Trinajstić information content (AvgIpc) is 2.70. The van der Waals surface area contributed by atoms with E-state index in [0.29, 0.717) is 22.8 Å². The summed E-state index contributed by atoms with van der Waals surface area (Å²) in [5, 5.41) is 3.75. The van der Waals surface area contributed by atoms with Crippen LogP contribution in [0.25, 0.3) is 11.3 Å². The molecule has 0 amide bonds. The van der Waals surface area contributed by atoms with Gasteiger partial charge in [-0.05, 0) is 18.2 Å². The number of hydrogen-bond acceptors (Lipinski definition) is 3. The van der Waals surface area contributed by atoms with Gasteiger partial charge in [-0.25, -0.2) is 4.39 Å². The van der Waals surface area contributed by atoms with Crippen LogP contribution in [0.2, 0.25) is 0 Å². The number of rotatable bonds is 2. The van der Waals surface area contributed by atoms with Gasteiger partial charge in [-0.15, -0.1) is 0 Å². The molecule has 0 radical (unpaired) electrons. The molecule has 2 nitrogen and oxygen atoms in total. The molecule has 0 aliphatic carbocycles. The van der Waals surface area contributed by atoms with Crippen LogP contribution in [-0.4, -0.2) is 5.16 Å². The standard InChI is InChI=1S/C10H7BrFNOS/c11-6-1-2-9(12)8(3-6)10-4-7(5-15)13-14-10/h1-4,15H,5H2. The average molecular weight is 288 g/mol. The van der Waals surface area contributed by atoms with E-state index in [-0.39, 0.29) is 5.82 Å². The van der Waals surface area contributed by atoms with Crippen molar-refractivity contribution in [1.29, 1.82) is 0 Å². The predicted octanol–water partition coefficient (Wildman–Crippen LogP) is 3.67. The highest BCUT2D eigenvalue weighted by Crippen LogP contribution is 2.26. The first-order valence-corrected chi connectivity index (χ1v) is 5.65. The van der Waals surface area contributed by atoms with Crippen LogP contribution in [0.3, 0.4) is 0 Å². The summed E-state index contributed by atoms with van der Waals surface area (Å²) in [6.45, 7) is 0. The van der Waals surface area contributed by atoms with Gasteiger partial charge >= 0.3 is 0 Å². The lowest BCUT2D eigenvalue weighted by Crippen LogP contribution is -1.81. The SMILES string of the molecule is Fc1ccc(Br)cc1-c1cc(CS)no1. The van der Waals surface area contributed by atoms with Gasteiger partial charge in [0.2, 0.25) is 0 Å². The minimum Gasteiger partial charge on any atom is -0.356 e. The van der Waals surface area contributed by atoms with E-state index in [4.69, 9.17) is 4.52 Å². The van der Waals surface area contributed by atoms with E-state index < -0.39 is 0 Å². The molecule has 0 N–H and O–H groups in total. The van der Waals surface area contributed by atoms with E-state index in [0.717, 1.165) is 4.47 Å². The molecule has 78 valence electrons. The van der Waals surface area contributed by atoms with Gasteiger partial charge in [0.05, 0.1) is 11.3 Å². The molecule has 0 aliphatic rings. The Balaban J connectivity index is 2.48. The lowest BCUT2D eigenvalue weighted by molar-refractivity contribution is 0.424. The van der Waals surface area contributed by atoms with Crippen LogP contribution >= 0.6 is 28.6 Å². The largest absolute Gasteiger partial charge is 0.356 e. The fraction of sp³-hybridized carbons (Fsp3) is 0.100. The fourth-order valence-corrected chi connectivity index (χ4v) is 1.71. The molecule has 0 bridgehead atoms. The van der Waals surface area contributed by atoms with Gasteiger partial charge in [-0.3, -0.25) is 0 Å². The smallest absolute Gasteiger partial charge is 0.170 e. The summed E-state index contributed by atoms with van der Waals surface area (Å²) in [4.78, 5) is 0. The maximum atomic E-state index is 13.4. The summed E-state index contributed by atoms with van der Waals surface area (Å²) in [6.07, 6.45) is 0. The Morgan fingerprint density at radius 1 is 1.40 bits per heavy atom. The molecule has 5 heteroatoms. The van der Waals surface area contributed by atoms with E-state index >= 15 is 0 Å². The minimum absolute atomic E-state index is 0.333. The van der Waals surface area contributed by atoms with Crippen LogP contribution < -0.4 is 0 Å². The van der Waals surface area contributed by atoms with Gasteiger partial charge in [-0.2, -0.15) is 12.6 Å². The van der Waals surface area contributed by atoms with Gasteiger partial charge < -0.3 is 4.52 Å². The first kappa shape index (κ1) is 10.7. The van der Waals surface area contributed by atoms with E-state index in [1.807, 2.05) is 0 Å². The molecular formula is C10H7BrFNOS. The Kier molecular flexibility index (Phi) is 3.11. The maximum absolute atomic E-state index is 13.4. The summed E-state index contributed by atoms with van der Waals surface area (Å²) < 4.78 is 19.3. The molecule has 2 aromatic rings. The first-order chi connectivity index (χ1) is 7.20. The van der Waals surface area contributed by atoms with Gasteiger partial charge in [0, 0.05) is 16.3 Å². The van der Waals surface area contributed by atoms with Crippen molar-refractivity contribution in [3.63, 3.8) is 0 Å². The molecule has 0 saturated heterocycles. The Labute approximate surface area is 100 Å². The number of hydrogen-bond donors (Lipinski definition) is 1. The molecule has 0 atom stereocenters. The monoisotopic (exact) mass is 287 g/mol. The zero-order valence-electron chi connectivity index (χ0n) is 7.58. The first-order valence-electron chi connectivity index (χ1n) is 4.22. The summed E-state index contributed by atoms with van der Waals surface area (Å²) >= 11 is 7.33. The number of aromatic nitrogens is 1. The molecule has 0 fully saturated rings. The third kappa shape index (κ3) is 2.23. The highest BCUT2D eigenvalue weighted by molar-refractivity contribution is 9.10. The van der Waals surface area contributed by atoms with Crippen LogP contribution in [0.5, 0.6) is 0 Å². The van der Waals surface area contributed by atoms with Gasteiger partial charge in [0.1, 0.15) is 5.82 Å². The van der Waals surface area contributed by atoms with E-state index in [9.17, 15) is 4.39 Å². The topological polar surface area (TPSA) is 26.0 Å². The van der Waals surface area contributed by atoms with Crippen LogP contribution in [0, 0.1) is 5.82 Å². The van der Waals surface area contributed by atoms with E-state index in [1.165, 1.54) is 6.07 Å². The van der Waals surface area contributed by atoms with Gasteiger partial charge in [-0.1, -0.05) is 21.1 Å². The summed E-state index contributed by atoms with van der Waals surface area (Å²) in [7, 11) is 0. The van der Waals surface area contributed by atoms with E-state index in [2.05, 4.69) is 33.7 Å². The molecule has 1 heterocycles. The molecule has 15 heavy (non-hydrogen) atoms. The molecule has 2 rings (SSSR count). The van der Waals surface area contributed by atoms with Gasteiger partial charge in [0.25, 0.3) is 0 Å². The predicted molar refractivity (Wildman–Crippen MR) is 62.3 cm³/mol. The van der Waals surface area contributed by atoms with Crippen molar-refractivity contribution in [2.45, 2.75) is 5.75 Å². The quantitative estimate of drug-likeness (QED) is 0.853. The van der Waals surface area contributed by atoms with E-state index in [1.54, 1.807) is 18.2 Å². The summed E-state index contributed by atoms with van der Waals surface area (Å²) in [5.74, 6) is 0.553. The number of halogens is 2. The molecule has 0 saturated carbocycles. The zero-order chi connectivity index (χ0) is 10.8. The Hall–Kier alpha value is -0.810. The lowest BCUT2D eigenvalue weighted by atomic mass is 10.1. The molecule has 0 aliphatic heterocycles. The summed E-state index contributed by atoms with van der Waals surface area (Å²) in [5.41, 5.74) is 1.08. The van der Waals surface area contributed by atoms with Crippen molar-refractivity contribution in [2.24, 2.45) is 0 Å². The zero-order valence-corrected chi connectivity index (χ0v) is 10.1. The summed E-state index contributed by atoms with van der Waals surface area (Å²) in [6, 6.07) is 6.34. The Morgan fingerprint density at radius 2 is 2.20 bits per heavy atom. The third-order valence-electron chi connectivity index (χ3n) is 1.91. The van der Waals surface area contributed by atoms with Crippen molar-refractivity contribution in [3.05, 3.63) is 40.2 Å². The molecule has 1 aromatic heterocycles. The Morgan fingerprint density at radius 3 is 2.87 bits per heavy atom. The number of thiol groups is 1. The third-order valence-corrected chi connectivity index (χ3v) is 2.73. The molecule has 1 aromatic carbocycles. The number of nitrogens with zero attached hydrogens (tertiary/aromatic N) is 1. The van der Waals surface area contributed by atoms with Crippen molar-refractivity contribution in [3.8, 4) is 11.3 Å². The number of benzene rings is 1. The van der Waals surface area contributed by atoms with Gasteiger partial charge in [0.15, 0.2) is 5.76 Å². The van der Waals surface area contributed by atoms with Crippen LogP contribution in [0.4, 0.5) is 4.39 Å². The fourth-order valence-electron chi connectivity index (χ4n) is 1.20. The highest BCUT2D eigenvalue weighted by Gasteiger charge is 2.11. The van der Waals surface area contributed by atoms with Crippen molar-refractivity contribution in [1.82, 2.24) is 5.16 Å².